The van der Waals surface area contributed by atoms with Crippen LogP contribution in [0.1, 0.15) is 23.8 Å². The molecule has 0 aliphatic carbocycles. The Hall–Kier alpha value is -1.52. The number of ether oxygens (including phenoxy) is 2. The van der Waals surface area contributed by atoms with Crippen molar-refractivity contribution in [1.82, 2.24) is 0 Å². The highest BCUT2D eigenvalue weighted by molar-refractivity contribution is 7.09. The third kappa shape index (κ3) is 4.25. The highest BCUT2D eigenvalue weighted by Crippen LogP contribution is 2.27. The number of rotatable bonds is 8. The summed E-state index contributed by atoms with van der Waals surface area (Å²) in [4.78, 5) is 1.21. The highest BCUT2D eigenvalue weighted by Gasteiger charge is 2.06. The predicted molar refractivity (Wildman–Crippen MR) is 83.6 cm³/mol. The Bertz CT molecular complexity index is 511. The Labute approximate surface area is 124 Å². The third-order valence-corrected chi connectivity index (χ3v) is 3.73. The number of hydrogen-bond donors (Lipinski definition) is 1. The largest absolute Gasteiger partial charge is 0.493 e. The average molecular weight is 291 g/mol. The molecule has 0 spiro atoms. The summed E-state index contributed by atoms with van der Waals surface area (Å²) in [6, 6.07) is 10.1. The van der Waals surface area contributed by atoms with E-state index in [-0.39, 0.29) is 0 Å². The van der Waals surface area contributed by atoms with Gasteiger partial charge in [-0.3, -0.25) is 0 Å². The van der Waals surface area contributed by atoms with Crippen LogP contribution in [0.2, 0.25) is 0 Å². The maximum atomic E-state index is 5.93. The number of thiophene rings is 1. The molecule has 0 atom stereocenters. The zero-order valence-electron chi connectivity index (χ0n) is 11.8. The lowest BCUT2D eigenvalue weighted by Gasteiger charge is -2.13. The lowest BCUT2D eigenvalue weighted by Crippen LogP contribution is -2.06. The third-order valence-electron chi connectivity index (χ3n) is 2.88. The van der Waals surface area contributed by atoms with Crippen molar-refractivity contribution >= 4 is 11.3 Å². The maximum absolute atomic E-state index is 5.93. The van der Waals surface area contributed by atoms with Gasteiger partial charge in [-0.15, -0.1) is 11.3 Å². The second-order valence-corrected chi connectivity index (χ2v) is 5.56. The molecule has 3 nitrogen and oxygen atoms in total. The molecule has 0 amide bonds. The fourth-order valence-corrected chi connectivity index (χ4v) is 2.50. The molecule has 0 saturated heterocycles. The minimum absolute atomic E-state index is 0.590. The average Bonchev–Trinajstić information content (AvgIpc) is 2.98. The molecule has 2 rings (SSSR count). The van der Waals surface area contributed by atoms with E-state index in [1.807, 2.05) is 24.3 Å². The van der Waals surface area contributed by atoms with Gasteiger partial charge < -0.3 is 15.2 Å². The Balaban J connectivity index is 2.08. The molecule has 2 aromatic rings. The summed E-state index contributed by atoms with van der Waals surface area (Å²) in [6.07, 6.45) is 1.81. The zero-order chi connectivity index (χ0) is 14.2. The zero-order valence-corrected chi connectivity index (χ0v) is 12.6. The molecule has 20 heavy (non-hydrogen) atoms. The lowest BCUT2D eigenvalue weighted by atomic mass is 10.1. The summed E-state index contributed by atoms with van der Waals surface area (Å²) in [7, 11) is 0. The van der Waals surface area contributed by atoms with Gasteiger partial charge in [-0.05, 0) is 42.5 Å². The standard InChI is InChI=1S/C16H21NO2S/c1-2-9-18-14-6-5-13(7-8-17)16(11-14)19-12-15-4-3-10-20-15/h3-6,10-11H,2,7-9,12,17H2,1H3. The van der Waals surface area contributed by atoms with Gasteiger partial charge in [0.25, 0.3) is 0 Å². The topological polar surface area (TPSA) is 44.5 Å². The van der Waals surface area contributed by atoms with Crippen molar-refractivity contribution < 1.29 is 9.47 Å². The van der Waals surface area contributed by atoms with Crippen LogP contribution in [0.5, 0.6) is 11.5 Å². The SMILES string of the molecule is CCCOc1ccc(CCN)c(OCc2cccs2)c1. The lowest BCUT2D eigenvalue weighted by molar-refractivity contribution is 0.294. The minimum Gasteiger partial charge on any atom is -0.493 e. The molecule has 0 aliphatic rings. The molecular weight excluding hydrogens is 270 g/mol. The van der Waals surface area contributed by atoms with Crippen LogP contribution in [0.15, 0.2) is 35.7 Å². The predicted octanol–water partition coefficient (Wildman–Crippen LogP) is 3.62. The van der Waals surface area contributed by atoms with E-state index in [4.69, 9.17) is 15.2 Å². The Morgan fingerprint density at radius 1 is 1.20 bits per heavy atom. The summed E-state index contributed by atoms with van der Waals surface area (Å²) >= 11 is 1.70. The Morgan fingerprint density at radius 2 is 2.10 bits per heavy atom. The molecule has 1 heterocycles. The Kier molecular flexibility index (Phi) is 5.89. The molecule has 108 valence electrons. The van der Waals surface area contributed by atoms with Crippen LogP contribution < -0.4 is 15.2 Å². The number of nitrogens with two attached hydrogens (primary N) is 1. The van der Waals surface area contributed by atoms with E-state index in [0.717, 1.165) is 36.5 Å². The van der Waals surface area contributed by atoms with Gasteiger partial charge >= 0.3 is 0 Å². The summed E-state index contributed by atoms with van der Waals surface area (Å²) < 4.78 is 11.6. The quantitative estimate of drug-likeness (QED) is 0.808. The summed E-state index contributed by atoms with van der Waals surface area (Å²) in [6.45, 7) is 4.02. The van der Waals surface area contributed by atoms with E-state index >= 15 is 0 Å². The van der Waals surface area contributed by atoms with E-state index in [2.05, 4.69) is 18.4 Å². The van der Waals surface area contributed by atoms with E-state index in [1.54, 1.807) is 11.3 Å². The first kappa shape index (κ1) is 14.9. The molecule has 0 saturated carbocycles. The first-order valence-corrected chi connectivity index (χ1v) is 7.82. The van der Waals surface area contributed by atoms with Crippen molar-refractivity contribution in [2.24, 2.45) is 5.73 Å². The van der Waals surface area contributed by atoms with Crippen LogP contribution >= 0.6 is 11.3 Å². The number of hydrogen-bond acceptors (Lipinski definition) is 4. The van der Waals surface area contributed by atoms with Crippen molar-refractivity contribution in [2.75, 3.05) is 13.2 Å². The van der Waals surface area contributed by atoms with Crippen LogP contribution in [-0.4, -0.2) is 13.2 Å². The van der Waals surface area contributed by atoms with Gasteiger partial charge in [-0.1, -0.05) is 19.1 Å². The van der Waals surface area contributed by atoms with Gasteiger partial charge in [0.15, 0.2) is 0 Å². The fourth-order valence-electron chi connectivity index (χ4n) is 1.88. The molecule has 1 aromatic carbocycles. The van der Waals surface area contributed by atoms with Crippen molar-refractivity contribution in [2.45, 2.75) is 26.4 Å². The smallest absolute Gasteiger partial charge is 0.126 e. The monoisotopic (exact) mass is 291 g/mol. The Morgan fingerprint density at radius 3 is 2.80 bits per heavy atom. The number of benzene rings is 1. The second kappa shape index (κ2) is 7.92. The molecule has 0 bridgehead atoms. The van der Waals surface area contributed by atoms with Gasteiger partial charge in [0, 0.05) is 10.9 Å². The molecular formula is C16H21NO2S. The molecule has 0 radical (unpaired) electrons. The van der Waals surface area contributed by atoms with Crippen molar-refractivity contribution in [3.05, 3.63) is 46.2 Å². The van der Waals surface area contributed by atoms with Crippen LogP contribution in [0.25, 0.3) is 0 Å². The van der Waals surface area contributed by atoms with Crippen LogP contribution in [0.4, 0.5) is 0 Å². The van der Waals surface area contributed by atoms with E-state index in [1.165, 1.54) is 4.88 Å². The van der Waals surface area contributed by atoms with Crippen molar-refractivity contribution in [1.29, 1.82) is 0 Å². The van der Waals surface area contributed by atoms with Crippen LogP contribution in [0, 0.1) is 0 Å². The van der Waals surface area contributed by atoms with Gasteiger partial charge in [-0.25, -0.2) is 0 Å². The van der Waals surface area contributed by atoms with Crippen molar-refractivity contribution in [3.8, 4) is 11.5 Å². The minimum atomic E-state index is 0.590. The van der Waals surface area contributed by atoms with Gasteiger partial charge in [0.05, 0.1) is 6.61 Å². The molecule has 0 unspecified atom stereocenters. The van der Waals surface area contributed by atoms with E-state index in [9.17, 15) is 0 Å². The highest BCUT2D eigenvalue weighted by atomic mass is 32.1. The summed E-state index contributed by atoms with van der Waals surface area (Å²) in [5.74, 6) is 1.73. The van der Waals surface area contributed by atoms with Crippen molar-refractivity contribution in [3.63, 3.8) is 0 Å². The summed E-state index contributed by atoms with van der Waals surface area (Å²) in [5, 5.41) is 2.06. The molecule has 1 aromatic heterocycles. The van der Waals surface area contributed by atoms with Gasteiger partial charge in [0.1, 0.15) is 18.1 Å². The molecule has 2 N–H and O–H groups in total. The summed E-state index contributed by atoms with van der Waals surface area (Å²) in [5.41, 5.74) is 6.79. The van der Waals surface area contributed by atoms with E-state index < -0.39 is 0 Å². The van der Waals surface area contributed by atoms with Gasteiger partial charge in [-0.2, -0.15) is 0 Å². The normalized spacial score (nSPS) is 10.5. The van der Waals surface area contributed by atoms with Crippen LogP contribution in [-0.2, 0) is 13.0 Å². The van der Waals surface area contributed by atoms with Gasteiger partial charge in [0.2, 0.25) is 0 Å². The first-order chi connectivity index (χ1) is 9.83. The van der Waals surface area contributed by atoms with E-state index in [0.29, 0.717) is 13.2 Å². The molecule has 0 fully saturated rings. The fraction of sp³-hybridized carbons (Fsp3) is 0.375. The molecule has 0 aliphatic heterocycles. The van der Waals surface area contributed by atoms with Crippen LogP contribution in [0.3, 0.4) is 0 Å². The second-order valence-electron chi connectivity index (χ2n) is 4.52. The maximum Gasteiger partial charge on any atom is 0.126 e. The molecule has 4 heteroatoms. The first-order valence-electron chi connectivity index (χ1n) is 6.94.